The van der Waals surface area contributed by atoms with Crippen LogP contribution in [-0.2, 0) is 20.9 Å². The van der Waals surface area contributed by atoms with E-state index in [1.54, 1.807) is 27.2 Å². The quantitative estimate of drug-likeness (QED) is 0.734. The van der Waals surface area contributed by atoms with Crippen LogP contribution in [-0.4, -0.2) is 44.1 Å². The van der Waals surface area contributed by atoms with Gasteiger partial charge in [0.2, 0.25) is 0 Å². The number of carbonyl (C=O) groups is 1. The lowest BCUT2D eigenvalue weighted by molar-refractivity contribution is -0.157. The molecule has 6 nitrogen and oxygen atoms in total. The van der Waals surface area contributed by atoms with E-state index in [9.17, 15) is 9.90 Å². The predicted octanol–water partition coefficient (Wildman–Crippen LogP) is 1.53. The van der Waals surface area contributed by atoms with Gasteiger partial charge in [0.1, 0.15) is 23.7 Å². The number of rotatable bonds is 8. The van der Waals surface area contributed by atoms with E-state index in [2.05, 4.69) is 0 Å². The monoisotopic (exact) mass is 298 g/mol. The molecule has 1 aromatic rings. The summed E-state index contributed by atoms with van der Waals surface area (Å²) in [6, 6.07) is 5.38. The number of aliphatic hydroxyl groups is 1. The molecule has 0 fully saturated rings. The number of ether oxygens (including phenoxy) is 4. The van der Waals surface area contributed by atoms with Crippen molar-refractivity contribution >= 4 is 5.97 Å². The van der Waals surface area contributed by atoms with E-state index in [1.807, 2.05) is 12.1 Å². The lowest BCUT2D eigenvalue weighted by atomic mass is 10.1. The van der Waals surface area contributed by atoms with Crippen LogP contribution in [0.5, 0.6) is 11.5 Å². The summed E-state index contributed by atoms with van der Waals surface area (Å²) in [7, 11) is 3.13. The van der Waals surface area contributed by atoms with E-state index >= 15 is 0 Å². The number of aliphatic hydroxyl groups excluding tert-OH is 1. The van der Waals surface area contributed by atoms with Gasteiger partial charge < -0.3 is 24.1 Å². The Balaban J connectivity index is 2.73. The molecule has 0 bridgehead atoms. The highest BCUT2D eigenvalue weighted by atomic mass is 16.6. The van der Waals surface area contributed by atoms with Crippen LogP contribution in [0.25, 0.3) is 0 Å². The Morgan fingerprint density at radius 1 is 1.19 bits per heavy atom. The van der Waals surface area contributed by atoms with Crippen molar-refractivity contribution in [3.05, 3.63) is 23.8 Å². The van der Waals surface area contributed by atoms with E-state index < -0.39 is 11.6 Å². The maximum Gasteiger partial charge on any atom is 0.302 e. The third-order valence-corrected chi connectivity index (χ3v) is 2.91. The molecule has 1 rings (SSSR count). The van der Waals surface area contributed by atoms with Crippen LogP contribution < -0.4 is 9.47 Å². The molecule has 1 N–H and O–H groups in total. The van der Waals surface area contributed by atoms with Crippen molar-refractivity contribution in [2.75, 3.05) is 27.4 Å². The molecule has 0 aromatic heterocycles. The zero-order valence-corrected chi connectivity index (χ0v) is 12.8. The van der Waals surface area contributed by atoms with E-state index in [1.165, 1.54) is 6.92 Å². The maximum absolute atomic E-state index is 10.9. The summed E-state index contributed by atoms with van der Waals surface area (Å²) in [4.78, 5) is 10.9. The lowest BCUT2D eigenvalue weighted by Gasteiger charge is -2.27. The van der Waals surface area contributed by atoms with Crippen molar-refractivity contribution in [2.24, 2.45) is 0 Å². The summed E-state index contributed by atoms with van der Waals surface area (Å²) in [5.41, 5.74) is -0.129. The van der Waals surface area contributed by atoms with Crippen molar-refractivity contribution in [3.8, 4) is 11.5 Å². The van der Waals surface area contributed by atoms with Gasteiger partial charge in [-0.05, 0) is 24.6 Å². The van der Waals surface area contributed by atoms with Crippen molar-refractivity contribution in [1.82, 2.24) is 0 Å². The molecule has 0 aliphatic heterocycles. The fourth-order valence-electron chi connectivity index (χ4n) is 1.59. The highest BCUT2D eigenvalue weighted by Crippen LogP contribution is 2.24. The first-order chi connectivity index (χ1) is 9.92. The topological polar surface area (TPSA) is 74.2 Å². The molecular formula is C15H22O6. The molecule has 0 amide bonds. The second-order valence-corrected chi connectivity index (χ2v) is 4.90. The van der Waals surface area contributed by atoms with Gasteiger partial charge in [-0.3, -0.25) is 4.79 Å². The SMILES string of the molecule is COc1cc(CO[C@@](C)(CO)COC(C)=O)cc(OC)c1. The number of hydrogen-bond acceptors (Lipinski definition) is 6. The molecular weight excluding hydrogens is 276 g/mol. The van der Waals surface area contributed by atoms with Gasteiger partial charge >= 0.3 is 5.97 Å². The molecule has 1 atom stereocenters. The Labute approximate surface area is 124 Å². The zero-order chi connectivity index (χ0) is 15.9. The molecule has 0 aliphatic rings. The normalized spacial score (nSPS) is 13.4. The molecule has 0 unspecified atom stereocenters. The molecule has 21 heavy (non-hydrogen) atoms. The summed E-state index contributed by atoms with van der Waals surface area (Å²) >= 11 is 0. The average molecular weight is 298 g/mol. The molecule has 1 aromatic carbocycles. The van der Waals surface area contributed by atoms with Crippen molar-refractivity contribution in [3.63, 3.8) is 0 Å². The van der Waals surface area contributed by atoms with Crippen LogP contribution in [0.1, 0.15) is 19.4 Å². The Morgan fingerprint density at radius 3 is 2.19 bits per heavy atom. The van der Waals surface area contributed by atoms with E-state index in [0.717, 1.165) is 5.56 Å². The molecule has 0 spiro atoms. The third-order valence-electron chi connectivity index (χ3n) is 2.91. The second kappa shape index (κ2) is 7.85. The third kappa shape index (κ3) is 5.61. The van der Waals surface area contributed by atoms with Crippen LogP contribution in [0.15, 0.2) is 18.2 Å². The first kappa shape index (κ1) is 17.3. The van der Waals surface area contributed by atoms with Crippen molar-refractivity contribution in [1.29, 1.82) is 0 Å². The fourth-order valence-corrected chi connectivity index (χ4v) is 1.59. The summed E-state index contributed by atoms with van der Waals surface area (Å²) in [5.74, 6) is 0.888. The van der Waals surface area contributed by atoms with Gasteiger partial charge in [-0.2, -0.15) is 0 Å². The van der Waals surface area contributed by atoms with E-state index in [-0.39, 0.29) is 19.8 Å². The smallest absolute Gasteiger partial charge is 0.302 e. The van der Waals surface area contributed by atoms with Gasteiger partial charge in [-0.25, -0.2) is 0 Å². The van der Waals surface area contributed by atoms with Crippen LogP contribution >= 0.6 is 0 Å². The number of esters is 1. The predicted molar refractivity (Wildman–Crippen MR) is 76.5 cm³/mol. The molecule has 0 saturated heterocycles. The van der Waals surface area contributed by atoms with Gasteiger partial charge in [0.05, 0.1) is 27.4 Å². The number of benzene rings is 1. The van der Waals surface area contributed by atoms with Crippen molar-refractivity contribution < 1.29 is 28.8 Å². The minimum absolute atomic E-state index is 0.0140. The van der Waals surface area contributed by atoms with Gasteiger partial charge in [0, 0.05) is 13.0 Å². The second-order valence-electron chi connectivity index (χ2n) is 4.90. The number of methoxy groups -OCH3 is 2. The number of carbonyl (C=O) groups excluding carboxylic acids is 1. The Kier molecular flexibility index (Phi) is 6.45. The first-order valence-corrected chi connectivity index (χ1v) is 6.52. The number of hydrogen-bond donors (Lipinski definition) is 1. The van der Waals surface area contributed by atoms with Gasteiger partial charge in [0.25, 0.3) is 0 Å². The largest absolute Gasteiger partial charge is 0.497 e. The van der Waals surface area contributed by atoms with Crippen LogP contribution in [0.4, 0.5) is 0 Å². The van der Waals surface area contributed by atoms with Gasteiger partial charge in [0.15, 0.2) is 0 Å². The summed E-state index contributed by atoms with van der Waals surface area (Å²) in [5, 5.41) is 9.41. The van der Waals surface area contributed by atoms with E-state index in [4.69, 9.17) is 18.9 Å². The van der Waals surface area contributed by atoms with Crippen molar-refractivity contribution in [2.45, 2.75) is 26.1 Å². The molecule has 6 heteroatoms. The molecule has 0 aliphatic carbocycles. The Hall–Kier alpha value is -1.79. The van der Waals surface area contributed by atoms with E-state index in [0.29, 0.717) is 11.5 Å². The zero-order valence-electron chi connectivity index (χ0n) is 12.8. The van der Waals surface area contributed by atoms with Gasteiger partial charge in [-0.15, -0.1) is 0 Å². The molecule has 0 radical (unpaired) electrons. The van der Waals surface area contributed by atoms with Crippen LogP contribution in [0.3, 0.4) is 0 Å². The fraction of sp³-hybridized carbons (Fsp3) is 0.533. The molecule has 0 saturated carbocycles. The minimum atomic E-state index is -0.956. The molecule has 0 heterocycles. The maximum atomic E-state index is 10.9. The first-order valence-electron chi connectivity index (χ1n) is 6.52. The Bertz CT molecular complexity index is 451. The summed E-state index contributed by atoms with van der Waals surface area (Å²) in [6.45, 7) is 2.94. The highest BCUT2D eigenvalue weighted by molar-refractivity contribution is 5.65. The van der Waals surface area contributed by atoms with Crippen LogP contribution in [0.2, 0.25) is 0 Å². The minimum Gasteiger partial charge on any atom is -0.497 e. The standard InChI is InChI=1S/C15H22O6/c1-11(17)20-10-15(2,9-16)21-8-12-5-13(18-3)7-14(6-12)19-4/h5-7,16H,8-10H2,1-4H3/t15-/m0/s1. The summed E-state index contributed by atoms with van der Waals surface area (Å²) in [6.07, 6.45) is 0. The van der Waals surface area contributed by atoms with Gasteiger partial charge in [-0.1, -0.05) is 0 Å². The van der Waals surface area contributed by atoms with Crippen LogP contribution in [0, 0.1) is 0 Å². The highest BCUT2D eigenvalue weighted by Gasteiger charge is 2.26. The molecule has 118 valence electrons. The average Bonchev–Trinajstić information content (AvgIpc) is 2.50. The lowest BCUT2D eigenvalue weighted by Crippen LogP contribution is -2.39. The Morgan fingerprint density at radius 2 is 1.76 bits per heavy atom. The summed E-state index contributed by atoms with van der Waals surface area (Å²) < 4.78 is 20.9.